The number of nitrogens with zero attached hydrogens (tertiary/aromatic N) is 1. The highest BCUT2D eigenvalue weighted by atomic mass is 35.5. The molecule has 1 heterocycles. The van der Waals surface area contributed by atoms with Gasteiger partial charge >= 0.3 is 0 Å². The molecule has 0 bridgehead atoms. The van der Waals surface area contributed by atoms with Crippen LogP contribution in [-0.2, 0) is 16.2 Å². The molecule has 1 atom stereocenters. The van der Waals surface area contributed by atoms with Crippen molar-refractivity contribution in [1.29, 1.82) is 0 Å². The van der Waals surface area contributed by atoms with Gasteiger partial charge in [0, 0.05) is 29.2 Å². The molecule has 0 radical (unpaired) electrons. The maximum atomic E-state index is 14.2. The largest absolute Gasteiger partial charge is 0.493 e. The predicted molar refractivity (Wildman–Crippen MR) is 132 cm³/mol. The smallest absolute Gasteiger partial charge is 0.243 e. The Bertz CT molecular complexity index is 1220. The first kappa shape index (κ1) is 24.6. The summed E-state index contributed by atoms with van der Waals surface area (Å²) in [6.45, 7) is 0.0862. The van der Waals surface area contributed by atoms with E-state index in [1.165, 1.54) is 19.2 Å². The van der Waals surface area contributed by atoms with Crippen molar-refractivity contribution < 1.29 is 23.5 Å². The number of nitrogens with one attached hydrogen (secondary N) is 2. The molecule has 0 unspecified atom stereocenters. The SMILES string of the molecule is COc1cccc(NNC(=O)[C@H]2CC(=O)N(c3ccc(Cl)cc3)C2)c1OCc1c(F)cccc1Cl. The second-order valence-corrected chi connectivity index (χ2v) is 8.67. The van der Waals surface area contributed by atoms with E-state index in [-0.39, 0.29) is 47.7 Å². The number of anilines is 2. The summed E-state index contributed by atoms with van der Waals surface area (Å²) in [5.74, 6) is -0.925. The molecular weight excluding hydrogens is 496 g/mol. The summed E-state index contributed by atoms with van der Waals surface area (Å²) in [4.78, 5) is 26.8. The minimum absolute atomic E-state index is 0.0728. The lowest BCUT2D eigenvalue weighted by Crippen LogP contribution is -2.36. The van der Waals surface area contributed by atoms with Crippen LogP contribution in [0.3, 0.4) is 0 Å². The molecule has 3 aromatic rings. The Morgan fingerprint density at radius 3 is 2.57 bits per heavy atom. The average Bonchev–Trinajstić information content (AvgIpc) is 3.24. The Hall–Kier alpha value is -3.49. The van der Waals surface area contributed by atoms with Crippen LogP contribution in [0.1, 0.15) is 12.0 Å². The molecule has 0 aliphatic carbocycles. The van der Waals surface area contributed by atoms with Crippen molar-refractivity contribution in [2.24, 2.45) is 5.92 Å². The zero-order valence-electron chi connectivity index (χ0n) is 18.7. The van der Waals surface area contributed by atoms with E-state index in [1.54, 1.807) is 53.4 Å². The van der Waals surface area contributed by atoms with Gasteiger partial charge in [0.2, 0.25) is 11.8 Å². The third kappa shape index (κ3) is 5.61. The summed E-state index contributed by atoms with van der Waals surface area (Å²) in [6, 6.07) is 16.3. The molecule has 7 nitrogen and oxygen atoms in total. The van der Waals surface area contributed by atoms with Crippen molar-refractivity contribution in [1.82, 2.24) is 5.43 Å². The van der Waals surface area contributed by atoms with E-state index in [1.807, 2.05) is 0 Å². The highest BCUT2D eigenvalue weighted by molar-refractivity contribution is 6.31. The average molecular weight is 518 g/mol. The number of para-hydroxylation sites is 1. The van der Waals surface area contributed by atoms with Crippen molar-refractivity contribution in [3.63, 3.8) is 0 Å². The summed E-state index contributed by atoms with van der Waals surface area (Å²) in [5.41, 5.74) is 6.73. The van der Waals surface area contributed by atoms with E-state index < -0.39 is 11.7 Å². The molecule has 1 aliphatic heterocycles. The van der Waals surface area contributed by atoms with E-state index in [9.17, 15) is 14.0 Å². The van der Waals surface area contributed by atoms with Crippen LogP contribution in [0.2, 0.25) is 10.0 Å². The van der Waals surface area contributed by atoms with Gasteiger partial charge in [-0.1, -0.05) is 35.3 Å². The Labute approximate surface area is 211 Å². The van der Waals surface area contributed by atoms with Crippen LogP contribution < -0.4 is 25.2 Å². The number of carbonyl (C=O) groups excluding carboxylic acids is 2. The van der Waals surface area contributed by atoms with Crippen molar-refractivity contribution in [3.05, 3.63) is 82.1 Å². The Kier molecular flexibility index (Phi) is 7.63. The number of halogens is 3. The Morgan fingerprint density at radius 1 is 1.11 bits per heavy atom. The summed E-state index contributed by atoms with van der Waals surface area (Å²) in [5, 5.41) is 0.798. The summed E-state index contributed by atoms with van der Waals surface area (Å²) in [7, 11) is 1.47. The summed E-state index contributed by atoms with van der Waals surface area (Å²) < 4.78 is 25.4. The molecular formula is C25H22Cl2FN3O4. The van der Waals surface area contributed by atoms with Crippen molar-refractivity contribution >= 4 is 46.4 Å². The van der Waals surface area contributed by atoms with Gasteiger partial charge in [-0.3, -0.25) is 20.4 Å². The van der Waals surface area contributed by atoms with Gasteiger partial charge in [-0.25, -0.2) is 4.39 Å². The van der Waals surface area contributed by atoms with E-state index in [0.29, 0.717) is 22.1 Å². The second-order valence-electron chi connectivity index (χ2n) is 7.82. The third-order valence-electron chi connectivity index (χ3n) is 5.58. The number of hydrogen-bond acceptors (Lipinski definition) is 5. The number of carbonyl (C=O) groups is 2. The number of benzene rings is 3. The zero-order valence-corrected chi connectivity index (χ0v) is 20.2. The molecule has 1 saturated heterocycles. The molecule has 2 amide bonds. The molecule has 0 spiro atoms. The molecule has 10 heteroatoms. The molecule has 182 valence electrons. The van der Waals surface area contributed by atoms with Crippen LogP contribution in [0.5, 0.6) is 11.5 Å². The Balaban J connectivity index is 1.43. The van der Waals surface area contributed by atoms with Gasteiger partial charge in [-0.2, -0.15) is 0 Å². The monoisotopic (exact) mass is 517 g/mol. The highest BCUT2D eigenvalue weighted by Crippen LogP contribution is 2.36. The predicted octanol–water partition coefficient (Wildman–Crippen LogP) is 5.22. The summed E-state index contributed by atoms with van der Waals surface area (Å²) >= 11 is 12.0. The quantitative estimate of drug-likeness (QED) is 0.400. The first-order chi connectivity index (χ1) is 16.9. The fraction of sp³-hybridized carbons (Fsp3) is 0.200. The number of amides is 2. The molecule has 1 aliphatic rings. The number of ether oxygens (including phenoxy) is 2. The van der Waals surface area contributed by atoms with Gasteiger partial charge in [0.05, 0.1) is 23.7 Å². The van der Waals surface area contributed by atoms with Crippen LogP contribution in [0.15, 0.2) is 60.7 Å². The van der Waals surface area contributed by atoms with E-state index in [4.69, 9.17) is 32.7 Å². The second kappa shape index (κ2) is 10.8. The minimum Gasteiger partial charge on any atom is -0.493 e. The molecule has 0 saturated carbocycles. The van der Waals surface area contributed by atoms with Crippen LogP contribution in [0, 0.1) is 11.7 Å². The number of rotatable bonds is 8. The first-order valence-corrected chi connectivity index (χ1v) is 11.5. The molecule has 1 fully saturated rings. The van der Waals surface area contributed by atoms with Crippen molar-refractivity contribution in [2.45, 2.75) is 13.0 Å². The molecule has 2 N–H and O–H groups in total. The van der Waals surface area contributed by atoms with Crippen LogP contribution in [0.25, 0.3) is 0 Å². The van der Waals surface area contributed by atoms with Crippen molar-refractivity contribution in [3.8, 4) is 11.5 Å². The third-order valence-corrected chi connectivity index (χ3v) is 6.18. The Morgan fingerprint density at radius 2 is 1.86 bits per heavy atom. The first-order valence-electron chi connectivity index (χ1n) is 10.7. The van der Waals surface area contributed by atoms with Crippen molar-refractivity contribution in [2.75, 3.05) is 24.0 Å². The normalized spacial score (nSPS) is 15.1. The van der Waals surface area contributed by atoms with E-state index in [2.05, 4.69) is 10.9 Å². The van der Waals surface area contributed by atoms with Gasteiger partial charge < -0.3 is 14.4 Å². The lowest BCUT2D eigenvalue weighted by atomic mass is 10.1. The topological polar surface area (TPSA) is 79.9 Å². The fourth-order valence-electron chi connectivity index (χ4n) is 3.72. The molecule has 35 heavy (non-hydrogen) atoms. The standard InChI is InChI=1S/C25H22Cl2FN3O4/c1-34-22-7-3-6-21(24(22)35-14-18-19(27)4-2-5-20(18)28)29-30-25(33)15-12-23(32)31(13-15)17-10-8-16(26)9-11-17/h2-11,15,29H,12-14H2,1H3,(H,30,33)/t15-/m0/s1. The van der Waals surface area contributed by atoms with E-state index in [0.717, 1.165) is 0 Å². The number of hydrogen-bond donors (Lipinski definition) is 2. The van der Waals surface area contributed by atoms with Gasteiger partial charge in [0.1, 0.15) is 12.4 Å². The highest BCUT2D eigenvalue weighted by Gasteiger charge is 2.35. The van der Waals surface area contributed by atoms with Crippen LogP contribution >= 0.6 is 23.2 Å². The lowest BCUT2D eigenvalue weighted by molar-refractivity contribution is -0.125. The number of methoxy groups -OCH3 is 1. The maximum absolute atomic E-state index is 14.2. The number of hydrazine groups is 1. The fourth-order valence-corrected chi connectivity index (χ4v) is 4.07. The molecule has 4 rings (SSSR count). The lowest BCUT2D eigenvalue weighted by Gasteiger charge is -2.19. The van der Waals surface area contributed by atoms with Gasteiger partial charge in [-0.15, -0.1) is 0 Å². The van der Waals surface area contributed by atoms with Gasteiger partial charge in [0.25, 0.3) is 0 Å². The minimum atomic E-state index is -0.558. The van der Waals surface area contributed by atoms with Gasteiger partial charge in [-0.05, 0) is 48.5 Å². The van der Waals surface area contributed by atoms with Crippen LogP contribution in [-0.4, -0.2) is 25.5 Å². The zero-order chi connectivity index (χ0) is 24.9. The molecule has 3 aromatic carbocycles. The maximum Gasteiger partial charge on any atom is 0.243 e. The molecule has 0 aromatic heterocycles. The summed E-state index contributed by atoms with van der Waals surface area (Å²) in [6.07, 6.45) is 0.0728. The van der Waals surface area contributed by atoms with Crippen LogP contribution in [0.4, 0.5) is 15.8 Å². The van der Waals surface area contributed by atoms with Gasteiger partial charge in [0.15, 0.2) is 11.5 Å². The van der Waals surface area contributed by atoms with E-state index >= 15 is 0 Å².